The fourth-order valence-corrected chi connectivity index (χ4v) is 3.76. The number of ketones is 1. The van der Waals surface area contributed by atoms with Gasteiger partial charge in [-0.3, -0.25) is 9.52 Å². The molecule has 0 saturated heterocycles. The van der Waals surface area contributed by atoms with Gasteiger partial charge in [-0.05, 0) is 42.5 Å². The number of carbonyl (C=O) groups is 1. The topological polar surface area (TPSA) is 141 Å². The molecule has 0 unspecified atom stereocenters. The van der Waals surface area contributed by atoms with Crippen molar-refractivity contribution in [2.45, 2.75) is 11.8 Å². The summed E-state index contributed by atoms with van der Waals surface area (Å²) in [5, 5.41) is 9.43. The van der Waals surface area contributed by atoms with Crippen LogP contribution in [0.4, 0.5) is 5.69 Å². The van der Waals surface area contributed by atoms with E-state index in [0.717, 1.165) is 6.26 Å². The molecular formula is C18H18N4O5S2. The zero-order chi connectivity index (χ0) is 21.4. The first-order valence-corrected chi connectivity index (χ1v) is 11.7. The molecule has 0 aliphatic rings. The van der Waals surface area contributed by atoms with E-state index in [9.17, 15) is 21.6 Å². The number of anilines is 1. The van der Waals surface area contributed by atoms with Crippen molar-refractivity contribution in [3.8, 4) is 16.9 Å². The summed E-state index contributed by atoms with van der Waals surface area (Å²) in [6.45, 7) is 1.38. The Morgan fingerprint density at radius 3 is 2.24 bits per heavy atom. The Kier molecular flexibility index (Phi) is 5.30. The van der Waals surface area contributed by atoms with Crippen molar-refractivity contribution in [1.29, 1.82) is 0 Å². The monoisotopic (exact) mass is 434 g/mol. The summed E-state index contributed by atoms with van der Waals surface area (Å²) in [7, 11) is -7.30. The van der Waals surface area contributed by atoms with Gasteiger partial charge in [0, 0.05) is 18.2 Å². The van der Waals surface area contributed by atoms with Gasteiger partial charge >= 0.3 is 0 Å². The molecule has 0 amide bonds. The van der Waals surface area contributed by atoms with Crippen LogP contribution in [0, 0.1) is 0 Å². The number of primary sulfonamides is 1. The Labute approximate surface area is 168 Å². The largest absolute Gasteiger partial charge is 0.293 e. The maximum Gasteiger partial charge on any atom is 0.238 e. The predicted molar refractivity (Wildman–Crippen MR) is 109 cm³/mol. The molecule has 0 spiro atoms. The number of hydrogen-bond acceptors (Lipinski definition) is 6. The number of nitrogens with two attached hydrogens (primary N) is 1. The zero-order valence-corrected chi connectivity index (χ0v) is 17.2. The lowest BCUT2D eigenvalue weighted by molar-refractivity contribution is 0.101. The Balaban J connectivity index is 2.13. The number of nitrogens with zero attached hydrogens (tertiary/aromatic N) is 2. The number of carbonyl (C=O) groups excluding carboxylic acids is 1. The number of aromatic nitrogens is 2. The van der Waals surface area contributed by atoms with Crippen LogP contribution >= 0.6 is 0 Å². The van der Waals surface area contributed by atoms with Crippen molar-refractivity contribution in [2.75, 3.05) is 11.0 Å². The van der Waals surface area contributed by atoms with Gasteiger partial charge in [0.25, 0.3) is 0 Å². The van der Waals surface area contributed by atoms with Gasteiger partial charge in [-0.25, -0.2) is 26.7 Å². The first kappa shape index (κ1) is 20.7. The molecule has 29 heavy (non-hydrogen) atoms. The average Bonchev–Trinajstić information content (AvgIpc) is 3.05. The number of Topliss-reactive ketones (excluding diaryl/α,β-unsaturated/α-hetero) is 1. The van der Waals surface area contributed by atoms with E-state index < -0.39 is 20.0 Å². The summed E-state index contributed by atoms with van der Waals surface area (Å²) in [6, 6.07) is 13.9. The maximum absolute atomic E-state index is 11.9. The van der Waals surface area contributed by atoms with Crippen LogP contribution in [0.15, 0.2) is 59.5 Å². The molecule has 0 fully saturated rings. The molecule has 0 bridgehead atoms. The fourth-order valence-electron chi connectivity index (χ4n) is 2.69. The lowest BCUT2D eigenvalue weighted by Gasteiger charge is -2.10. The second kappa shape index (κ2) is 7.43. The summed E-state index contributed by atoms with van der Waals surface area (Å²) in [5.41, 5.74) is 2.19. The summed E-state index contributed by atoms with van der Waals surface area (Å²) in [6.07, 6.45) is 1.05. The molecular weight excluding hydrogens is 416 g/mol. The molecule has 0 saturated carbocycles. The fraction of sp³-hybridized carbons (Fsp3) is 0.111. The van der Waals surface area contributed by atoms with Gasteiger partial charge < -0.3 is 0 Å². The highest BCUT2D eigenvalue weighted by molar-refractivity contribution is 7.92. The predicted octanol–water partition coefficient (Wildman–Crippen LogP) is 1.76. The van der Waals surface area contributed by atoms with Gasteiger partial charge in [0.1, 0.15) is 5.69 Å². The van der Waals surface area contributed by atoms with E-state index in [4.69, 9.17) is 5.14 Å². The van der Waals surface area contributed by atoms with Crippen LogP contribution in [0.3, 0.4) is 0 Å². The first-order chi connectivity index (χ1) is 13.4. The minimum Gasteiger partial charge on any atom is -0.293 e. The number of rotatable bonds is 6. The average molecular weight is 434 g/mol. The molecule has 3 N–H and O–H groups in total. The van der Waals surface area contributed by atoms with E-state index >= 15 is 0 Å². The second-order valence-electron chi connectivity index (χ2n) is 6.38. The SMILES string of the molecule is CC(=O)c1cc(-c2cccc(NS(C)(=O)=O)c2)n(-c2ccc(S(N)(=O)=O)cc2)n1. The second-order valence-corrected chi connectivity index (χ2v) is 9.69. The molecule has 1 heterocycles. The standard InChI is InChI=1S/C18H18N4O5S2/c1-12(23)17-11-18(13-4-3-5-14(10-13)21-28(2,24)25)22(20-17)15-6-8-16(9-7-15)29(19,26)27/h3-11,21H,1-2H3,(H2,19,26,27). The number of sulfonamides is 2. The number of hydrogen-bond donors (Lipinski definition) is 2. The Hall–Kier alpha value is -3.02. The molecule has 0 atom stereocenters. The van der Waals surface area contributed by atoms with E-state index in [-0.39, 0.29) is 16.4 Å². The van der Waals surface area contributed by atoms with Crippen LogP contribution in [0.1, 0.15) is 17.4 Å². The highest BCUT2D eigenvalue weighted by Gasteiger charge is 2.16. The van der Waals surface area contributed by atoms with Crippen molar-refractivity contribution in [3.63, 3.8) is 0 Å². The Morgan fingerprint density at radius 1 is 1.03 bits per heavy atom. The van der Waals surface area contributed by atoms with E-state index in [2.05, 4.69) is 9.82 Å². The van der Waals surface area contributed by atoms with E-state index in [1.807, 2.05) is 0 Å². The third kappa shape index (κ3) is 4.88. The van der Waals surface area contributed by atoms with Gasteiger partial charge in [-0.15, -0.1) is 0 Å². The molecule has 0 aliphatic carbocycles. The lowest BCUT2D eigenvalue weighted by atomic mass is 10.1. The van der Waals surface area contributed by atoms with Crippen molar-refractivity contribution in [1.82, 2.24) is 9.78 Å². The van der Waals surface area contributed by atoms with E-state index in [0.29, 0.717) is 22.6 Å². The van der Waals surface area contributed by atoms with Gasteiger partial charge in [-0.1, -0.05) is 12.1 Å². The Morgan fingerprint density at radius 2 is 1.69 bits per heavy atom. The molecule has 11 heteroatoms. The zero-order valence-electron chi connectivity index (χ0n) is 15.5. The van der Waals surface area contributed by atoms with Gasteiger partial charge in [0.2, 0.25) is 20.0 Å². The van der Waals surface area contributed by atoms with Crippen LogP contribution in [0.5, 0.6) is 0 Å². The maximum atomic E-state index is 11.9. The third-order valence-electron chi connectivity index (χ3n) is 3.94. The van der Waals surface area contributed by atoms with Crippen molar-refractivity contribution in [3.05, 3.63) is 60.3 Å². The van der Waals surface area contributed by atoms with Crippen LogP contribution in [0.25, 0.3) is 16.9 Å². The Bertz CT molecular complexity index is 1290. The third-order valence-corrected chi connectivity index (χ3v) is 5.48. The lowest BCUT2D eigenvalue weighted by Crippen LogP contribution is -2.12. The summed E-state index contributed by atoms with van der Waals surface area (Å²) in [5.74, 6) is -0.253. The molecule has 2 aromatic carbocycles. The molecule has 3 aromatic rings. The van der Waals surface area contributed by atoms with Crippen molar-refractivity contribution >= 4 is 31.5 Å². The summed E-state index contributed by atoms with van der Waals surface area (Å²) >= 11 is 0. The highest BCUT2D eigenvalue weighted by atomic mass is 32.2. The molecule has 0 aliphatic heterocycles. The van der Waals surface area contributed by atoms with Crippen LogP contribution in [-0.2, 0) is 20.0 Å². The summed E-state index contributed by atoms with van der Waals surface area (Å²) in [4.78, 5) is 11.8. The molecule has 9 nitrogen and oxygen atoms in total. The van der Waals surface area contributed by atoms with Gasteiger partial charge in [0.05, 0.1) is 22.5 Å². The van der Waals surface area contributed by atoms with Crippen LogP contribution in [-0.4, -0.2) is 38.7 Å². The first-order valence-electron chi connectivity index (χ1n) is 8.26. The van der Waals surface area contributed by atoms with Crippen LogP contribution in [0.2, 0.25) is 0 Å². The minimum absolute atomic E-state index is 0.0545. The van der Waals surface area contributed by atoms with Gasteiger partial charge in [0.15, 0.2) is 5.78 Å². The van der Waals surface area contributed by atoms with Gasteiger partial charge in [-0.2, -0.15) is 5.10 Å². The molecule has 0 radical (unpaired) electrons. The molecule has 3 rings (SSSR count). The van der Waals surface area contributed by atoms with Crippen LogP contribution < -0.4 is 9.86 Å². The highest BCUT2D eigenvalue weighted by Crippen LogP contribution is 2.27. The molecule has 1 aromatic heterocycles. The smallest absolute Gasteiger partial charge is 0.238 e. The quantitative estimate of drug-likeness (QED) is 0.566. The number of nitrogens with one attached hydrogen (secondary N) is 1. The minimum atomic E-state index is -3.84. The van der Waals surface area contributed by atoms with Crippen molar-refractivity contribution < 1.29 is 21.6 Å². The van der Waals surface area contributed by atoms with E-state index in [1.165, 1.54) is 35.9 Å². The number of benzene rings is 2. The normalized spacial score (nSPS) is 12.0. The van der Waals surface area contributed by atoms with Crippen molar-refractivity contribution in [2.24, 2.45) is 5.14 Å². The van der Waals surface area contributed by atoms with E-state index in [1.54, 1.807) is 30.3 Å². The summed E-state index contributed by atoms with van der Waals surface area (Å²) < 4.78 is 49.8. The molecule has 152 valence electrons.